The van der Waals surface area contributed by atoms with Gasteiger partial charge in [0.25, 0.3) is 0 Å². The van der Waals surface area contributed by atoms with Gasteiger partial charge in [0.2, 0.25) is 15.9 Å². The molecule has 0 fully saturated rings. The minimum Gasteiger partial charge on any atom is -0.350 e. The smallest absolute Gasteiger partial charge is 0.240 e. The average Bonchev–Trinajstić information content (AvgIpc) is 2.57. The van der Waals surface area contributed by atoms with E-state index in [0.29, 0.717) is 5.56 Å². The summed E-state index contributed by atoms with van der Waals surface area (Å²) in [5, 5.41) is 2.88. The van der Waals surface area contributed by atoms with Crippen molar-refractivity contribution in [2.24, 2.45) is 0 Å². The van der Waals surface area contributed by atoms with E-state index in [9.17, 15) is 13.2 Å². The van der Waals surface area contributed by atoms with Crippen LogP contribution in [-0.2, 0) is 14.8 Å². The number of rotatable bonds is 7. The molecule has 140 valence electrons. The fourth-order valence-corrected chi connectivity index (χ4v) is 4.58. The average molecular weight is 439 g/mol. The summed E-state index contributed by atoms with van der Waals surface area (Å²) < 4.78 is 28.3. The summed E-state index contributed by atoms with van der Waals surface area (Å²) >= 11 is 3.46. The summed E-state index contributed by atoms with van der Waals surface area (Å²) in [6.07, 6.45) is 0.0683. The van der Waals surface area contributed by atoms with Crippen molar-refractivity contribution in [2.45, 2.75) is 38.1 Å². The molecule has 2 rings (SSSR count). The molecule has 0 radical (unpaired) electrons. The van der Waals surface area contributed by atoms with E-state index >= 15 is 0 Å². The Morgan fingerprint density at radius 1 is 1.15 bits per heavy atom. The lowest BCUT2D eigenvalue weighted by Crippen LogP contribution is -2.32. The van der Waals surface area contributed by atoms with Crippen molar-refractivity contribution in [3.05, 3.63) is 63.6 Å². The van der Waals surface area contributed by atoms with E-state index in [0.717, 1.165) is 15.6 Å². The topological polar surface area (TPSA) is 75.3 Å². The Morgan fingerprint density at radius 2 is 1.85 bits per heavy atom. The Balaban J connectivity index is 1.91. The Kier molecular flexibility index (Phi) is 6.97. The van der Waals surface area contributed by atoms with Crippen molar-refractivity contribution in [3.8, 4) is 0 Å². The van der Waals surface area contributed by atoms with Crippen LogP contribution in [0.1, 0.15) is 36.1 Å². The van der Waals surface area contributed by atoms with Gasteiger partial charge < -0.3 is 5.32 Å². The number of hydrogen-bond donors (Lipinski definition) is 2. The first-order chi connectivity index (χ1) is 12.2. The first kappa shape index (κ1) is 20.6. The van der Waals surface area contributed by atoms with Gasteiger partial charge in [-0.15, -0.1) is 0 Å². The molecule has 5 nitrogen and oxygen atoms in total. The molecule has 0 heterocycles. The summed E-state index contributed by atoms with van der Waals surface area (Å²) in [4.78, 5) is 12.4. The number of carbonyl (C=O) groups is 1. The molecule has 0 aliphatic carbocycles. The molecule has 2 aromatic carbocycles. The van der Waals surface area contributed by atoms with Crippen molar-refractivity contribution in [2.75, 3.05) is 6.54 Å². The van der Waals surface area contributed by atoms with Crippen molar-refractivity contribution >= 4 is 31.9 Å². The van der Waals surface area contributed by atoms with Gasteiger partial charge in [-0.1, -0.05) is 46.3 Å². The first-order valence-corrected chi connectivity index (χ1v) is 10.6. The van der Waals surface area contributed by atoms with Crippen LogP contribution < -0.4 is 10.0 Å². The van der Waals surface area contributed by atoms with E-state index in [1.165, 1.54) is 0 Å². The molecular weight excluding hydrogens is 416 g/mol. The van der Waals surface area contributed by atoms with E-state index in [4.69, 9.17) is 0 Å². The molecule has 1 unspecified atom stereocenters. The highest BCUT2D eigenvalue weighted by Gasteiger charge is 2.18. The molecule has 0 saturated heterocycles. The third-order valence-corrected chi connectivity index (χ3v) is 6.35. The molecule has 2 N–H and O–H groups in total. The van der Waals surface area contributed by atoms with E-state index in [-0.39, 0.29) is 29.8 Å². The number of halogens is 1. The molecule has 0 aliphatic rings. The van der Waals surface area contributed by atoms with Gasteiger partial charge in [0, 0.05) is 17.4 Å². The second-order valence-electron chi connectivity index (χ2n) is 6.23. The third-order valence-electron chi connectivity index (χ3n) is 4.03. The summed E-state index contributed by atoms with van der Waals surface area (Å²) in [5.41, 5.74) is 2.52. The molecule has 7 heteroatoms. The van der Waals surface area contributed by atoms with Crippen LogP contribution in [0.3, 0.4) is 0 Å². The van der Waals surface area contributed by atoms with Crippen molar-refractivity contribution in [1.29, 1.82) is 0 Å². The maximum atomic E-state index is 12.4. The molecule has 0 aromatic heterocycles. The van der Waals surface area contributed by atoms with Gasteiger partial charge in [-0.2, -0.15) is 0 Å². The molecule has 0 saturated carbocycles. The molecule has 0 bridgehead atoms. The number of aryl methyl sites for hydroxylation is 2. The van der Waals surface area contributed by atoms with Gasteiger partial charge in [0.1, 0.15) is 0 Å². The molecule has 0 aliphatic heterocycles. The predicted molar refractivity (Wildman–Crippen MR) is 106 cm³/mol. The zero-order valence-electron chi connectivity index (χ0n) is 15.0. The normalized spacial score (nSPS) is 12.6. The summed E-state index contributed by atoms with van der Waals surface area (Å²) in [5.74, 6) is -0.211. The molecular formula is C19H23BrN2O3S. The first-order valence-electron chi connectivity index (χ1n) is 8.31. The van der Waals surface area contributed by atoms with Crippen LogP contribution in [0.2, 0.25) is 0 Å². The number of carbonyl (C=O) groups excluding carboxylic acids is 1. The highest BCUT2D eigenvalue weighted by Crippen LogP contribution is 2.22. The van der Waals surface area contributed by atoms with Crippen molar-refractivity contribution in [3.63, 3.8) is 0 Å². The fourth-order valence-electron chi connectivity index (χ4n) is 2.59. The van der Waals surface area contributed by atoms with Crippen LogP contribution >= 0.6 is 15.9 Å². The molecule has 2 aromatic rings. The largest absolute Gasteiger partial charge is 0.350 e. The lowest BCUT2D eigenvalue weighted by Gasteiger charge is -2.16. The third kappa shape index (κ3) is 5.40. The maximum absolute atomic E-state index is 12.4. The van der Waals surface area contributed by atoms with E-state index in [1.807, 2.05) is 44.2 Å². The maximum Gasteiger partial charge on any atom is 0.240 e. The summed E-state index contributed by atoms with van der Waals surface area (Å²) in [6, 6.07) is 12.8. The van der Waals surface area contributed by atoms with Crippen LogP contribution in [-0.4, -0.2) is 20.9 Å². The van der Waals surface area contributed by atoms with E-state index in [1.54, 1.807) is 19.1 Å². The Labute approximate surface area is 163 Å². The van der Waals surface area contributed by atoms with Gasteiger partial charge in [-0.3, -0.25) is 4.79 Å². The number of hydrogen-bond acceptors (Lipinski definition) is 3. The van der Waals surface area contributed by atoms with Gasteiger partial charge in [-0.25, -0.2) is 13.1 Å². The fraction of sp³-hybridized carbons (Fsp3) is 0.316. The van der Waals surface area contributed by atoms with Crippen LogP contribution in [0.5, 0.6) is 0 Å². The summed E-state index contributed by atoms with van der Waals surface area (Å²) in [7, 11) is -3.63. The number of nitrogens with one attached hydrogen (secondary N) is 2. The van der Waals surface area contributed by atoms with Crippen molar-refractivity contribution in [1.82, 2.24) is 10.0 Å². The number of amides is 1. The molecule has 26 heavy (non-hydrogen) atoms. The zero-order valence-corrected chi connectivity index (χ0v) is 17.4. The second kappa shape index (κ2) is 8.79. The minimum atomic E-state index is -3.63. The Bertz CT molecular complexity index is 897. The molecule has 1 amide bonds. The molecule has 1 atom stereocenters. The highest BCUT2D eigenvalue weighted by atomic mass is 79.9. The second-order valence-corrected chi connectivity index (χ2v) is 8.82. The Hall–Kier alpha value is -1.70. The monoisotopic (exact) mass is 438 g/mol. The standard InChI is InChI=1S/C19H23BrN2O3S/c1-13-8-9-14(2)18(12-13)26(24,25)21-11-10-19(23)22-15(3)16-6-4-5-7-17(16)20/h4-9,12,15,21H,10-11H2,1-3H3,(H,22,23). The highest BCUT2D eigenvalue weighted by molar-refractivity contribution is 9.10. The minimum absolute atomic E-state index is 0.0459. The van der Waals surface area contributed by atoms with Gasteiger partial charge in [-0.05, 0) is 49.6 Å². The van der Waals surface area contributed by atoms with Crippen LogP contribution in [0.15, 0.2) is 51.8 Å². The Morgan fingerprint density at radius 3 is 2.54 bits per heavy atom. The lowest BCUT2D eigenvalue weighted by molar-refractivity contribution is -0.121. The van der Waals surface area contributed by atoms with Gasteiger partial charge in [0.05, 0.1) is 10.9 Å². The van der Waals surface area contributed by atoms with Crippen LogP contribution in [0.4, 0.5) is 0 Å². The lowest BCUT2D eigenvalue weighted by atomic mass is 10.1. The van der Waals surface area contributed by atoms with Crippen LogP contribution in [0.25, 0.3) is 0 Å². The van der Waals surface area contributed by atoms with Crippen LogP contribution in [0, 0.1) is 13.8 Å². The predicted octanol–water partition coefficient (Wildman–Crippen LogP) is 3.61. The zero-order chi connectivity index (χ0) is 19.3. The molecule has 0 spiro atoms. The quantitative estimate of drug-likeness (QED) is 0.692. The van der Waals surface area contributed by atoms with Crippen molar-refractivity contribution < 1.29 is 13.2 Å². The SMILES string of the molecule is Cc1ccc(C)c(S(=O)(=O)NCCC(=O)NC(C)c2ccccc2Br)c1. The van der Waals surface area contributed by atoms with Gasteiger partial charge in [0.15, 0.2) is 0 Å². The number of benzene rings is 2. The van der Waals surface area contributed by atoms with Gasteiger partial charge >= 0.3 is 0 Å². The van der Waals surface area contributed by atoms with E-state index < -0.39 is 10.0 Å². The number of sulfonamides is 1. The van der Waals surface area contributed by atoms with E-state index in [2.05, 4.69) is 26.0 Å². The summed E-state index contributed by atoms with van der Waals surface area (Å²) in [6.45, 7) is 5.53.